The summed E-state index contributed by atoms with van der Waals surface area (Å²) in [6.45, 7) is 1.14. The second kappa shape index (κ2) is 5.22. The Morgan fingerprint density at radius 3 is 2.88 bits per heavy atom. The molecule has 0 saturated heterocycles. The molecule has 2 N–H and O–H groups in total. The maximum atomic E-state index is 11.4. The van der Waals surface area contributed by atoms with Crippen LogP contribution in [0, 0.1) is 11.3 Å². The van der Waals surface area contributed by atoms with E-state index in [4.69, 9.17) is 10.4 Å². The molecule has 0 aliphatic carbocycles. The number of thiazole rings is 1. The van der Waals surface area contributed by atoms with Gasteiger partial charge in [-0.3, -0.25) is 0 Å². The van der Waals surface area contributed by atoms with Crippen LogP contribution in [0.25, 0.3) is 0 Å². The lowest BCUT2D eigenvalue weighted by Crippen LogP contribution is -2.31. The molecule has 1 unspecified atom stereocenters. The number of carboxylic acid groups (broad SMARTS) is 1. The van der Waals surface area contributed by atoms with Crippen molar-refractivity contribution in [2.45, 2.75) is 18.7 Å². The van der Waals surface area contributed by atoms with E-state index in [1.807, 2.05) is 0 Å². The van der Waals surface area contributed by atoms with Crippen LogP contribution in [0.4, 0.5) is 0 Å². The largest absolute Gasteiger partial charge is 0.476 e. The highest BCUT2D eigenvalue weighted by molar-refractivity contribution is 7.90. The van der Waals surface area contributed by atoms with Gasteiger partial charge >= 0.3 is 5.97 Å². The van der Waals surface area contributed by atoms with Gasteiger partial charge in [-0.2, -0.15) is 5.26 Å². The summed E-state index contributed by atoms with van der Waals surface area (Å²) in [4.78, 5) is 14.2. The molecular formula is C8H9N3O4S2. The highest BCUT2D eigenvalue weighted by Gasteiger charge is 2.20. The van der Waals surface area contributed by atoms with E-state index in [9.17, 15) is 13.2 Å². The molecule has 1 heterocycles. The third-order valence-electron chi connectivity index (χ3n) is 1.84. The Balaban J connectivity index is 2.68. The van der Waals surface area contributed by atoms with Crippen LogP contribution in [0.2, 0.25) is 0 Å². The zero-order valence-electron chi connectivity index (χ0n) is 8.74. The molecule has 1 atom stereocenters. The topological polar surface area (TPSA) is 120 Å². The van der Waals surface area contributed by atoms with Crippen molar-refractivity contribution in [3.8, 4) is 6.07 Å². The molecule has 7 nitrogen and oxygen atoms in total. The minimum Gasteiger partial charge on any atom is -0.476 e. The monoisotopic (exact) mass is 275 g/mol. The molecular weight excluding hydrogens is 266 g/mol. The number of aromatic carboxylic acids is 1. The normalized spacial score (nSPS) is 12.9. The zero-order chi connectivity index (χ0) is 13.1. The average molecular weight is 275 g/mol. The van der Waals surface area contributed by atoms with Crippen molar-refractivity contribution in [3.05, 3.63) is 16.1 Å². The Labute approximate surface area is 102 Å². The van der Waals surface area contributed by atoms with Crippen molar-refractivity contribution in [3.63, 3.8) is 0 Å². The number of aromatic nitrogens is 1. The first-order valence-corrected chi connectivity index (χ1v) is 6.85. The molecule has 92 valence electrons. The van der Waals surface area contributed by atoms with Crippen LogP contribution < -0.4 is 4.72 Å². The van der Waals surface area contributed by atoms with Crippen LogP contribution >= 0.6 is 11.3 Å². The number of carbonyl (C=O) groups is 1. The number of sulfonamides is 1. The molecule has 0 spiro atoms. The fourth-order valence-electron chi connectivity index (χ4n) is 0.847. The van der Waals surface area contributed by atoms with Crippen molar-refractivity contribution in [1.29, 1.82) is 5.26 Å². The first kappa shape index (κ1) is 13.6. The van der Waals surface area contributed by atoms with Gasteiger partial charge in [0.25, 0.3) is 0 Å². The fraction of sp³-hybridized carbons (Fsp3) is 0.375. The number of nitrogens with zero attached hydrogens (tertiary/aromatic N) is 2. The van der Waals surface area contributed by atoms with E-state index >= 15 is 0 Å². The average Bonchev–Trinajstić information content (AvgIpc) is 2.74. The Kier molecular flexibility index (Phi) is 4.17. The van der Waals surface area contributed by atoms with Gasteiger partial charge in [-0.05, 0) is 6.92 Å². The van der Waals surface area contributed by atoms with Crippen molar-refractivity contribution < 1.29 is 18.3 Å². The highest BCUT2D eigenvalue weighted by Crippen LogP contribution is 2.10. The summed E-state index contributed by atoms with van der Waals surface area (Å²) < 4.78 is 25.0. The van der Waals surface area contributed by atoms with E-state index in [1.165, 1.54) is 12.3 Å². The predicted molar refractivity (Wildman–Crippen MR) is 59.9 cm³/mol. The van der Waals surface area contributed by atoms with Crippen LogP contribution in [0.1, 0.15) is 22.4 Å². The van der Waals surface area contributed by atoms with Gasteiger partial charge in [-0.25, -0.2) is 22.9 Å². The fourth-order valence-corrected chi connectivity index (χ4v) is 2.37. The number of carboxylic acids is 1. The van der Waals surface area contributed by atoms with Crippen LogP contribution in [0.5, 0.6) is 0 Å². The summed E-state index contributed by atoms with van der Waals surface area (Å²) in [6.07, 6.45) is 0. The molecule has 0 bridgehead atoms. The Morgan fingerprint density at radius 1 is 1.76 bits per heavy atom. The summed E-state index contributed by atoms with van der Waals surface area (Å²) in [6, 6.07) is 1.60. The molecule has 1 rings (SSSR count). The molecule has 0 fully saturated rings. The molecule has 17 heavy (non-hydrogen) atoms. The summed E-state index contributed by atoms with van der Waals surface area (Å²) >= 11 is 1.04. The standard InChI is InChI=1S/C8H9N3O4S2/c1-5(2-9)17(14,15)10-3-7-11-6(4-16-7)8(12)13/h4-5,10H,3H2,1H3,(H,12,13). The number of hydrogen-bond donors (Lipinski definition) is 2. The summed E-state index contributed by atoms with van der Waals surface area (Å²) in [7, 11) is -3.71. The lowest BCUT2D eigenvalue weighted by Gasteiger charge is -2.05. The molecule has 1 aromatic rings. The maximum Gasteiger partial charge on any atom is 0.355 e. The van der Waals surface area contributed by atoms with E-state index in [-0.39, 0.29) is 12.2 Å². The summed E-state index contributed by atoms with van der Waals surface area (Å²) in [5.74, 6) is -1.17. The molecule has 0 saturated carbocycles. The predicted octanol–water partition coefficient (Wildman–Crippen LogP) is 0.173. The van der Waals surface area contributed by atoms with Gasteiger partial charge < -0.3 is 5.11 Å². The summed E-state index contributed by atoms with van der Waals surface area (Å²) in [5, 5.41) is 17.6. The minimum absolute atomic E-state index is 0.119. The van der Waals surface area contributed by atoms with E-state index in [0.717, 1.165) is 11.3 Å². The third-order valence-corrected chi connectivity index (χ3v) is 4.27. The molecule has 0 amide bonds. The Hall–Kier alpha value is -1.50. The molecule has 0 aromatic carbocycles. The van der Waals surface area contributed by atoms with Crippen molar-refractivity contribution >= 4 is 27.3 Å². The van der Waals surface area contributed by atoms with Crippen LogP contribution in [0.3, 0.4) is 0 Å². The minimum atomic E-state index is -3.71. The molecule has 1 aromatic heterocycles. The molecule has 0 aliphatic heterocycles. The van der Waals surface area contributed by atoms with Gasteiger partial charge in [0.15, 0.2) is 10.9 Å². The molecule has 9 heteroatoms. The van der Waals surface area contributed by atoms with E-state index in [1.54, 1.807) is 6.07 Å². The quantitative estimate of drug-likeness (QED) is 0.790. The van der Waals surface area contributed by atoms with Crippen LogP contribution in [-0.2, 0) is 16.6 Å². The lowest BCUT2D eigenvalue weighted by atomic mass is 10.5. The Bertz CT molecular complexity index is 558. The number of nitriles is 1. The van der Waals surface area contributed by atoms with Crippen molar-refractivity contribution in [1.82, 2.24) is 9.71 Å². The van der Waals surface area contributed by atoms with Gasteiger partial charge in [-0.15, -0.1) is 11.3 Å². The van der Waals surface area contributed by atoms with Crippen molar-refractivity contribution in [2.75, 3.05) is 0 Å². The van der Waals surface area contributed by atoms with Gasteiger partial charge in [-0.1, -0.05) is 0 Å². The van der Waals surface area contributed by atoms with E-state index in [0.29, 0.717) is 5.01 Å². The maximum absolute atomic E-state index is 11.4. The number of nitrogens with one attached hydrogen (secondary N) is 1. The van der Waals surface area contributed by atoms with Crippen molar-refractivity contribution in [2.24, 2.45) is 0 Å². The SMILES string of the molecule is CC(C#N)S(=O)(=O)NCc1nc(C(=O)O)cs1. The first-order valence-electron chi connectivity index (χ1n) is 4.42. The van der Waals surface area contributed by atoms with Gasteiger partial charge in [0.2, 0.25) is 10.0 Å². The number of hydrogen-bond acceptors (Lipinski definition) is 6. The van der Waals surface area contributed by atoms with Gasteiger partial charge in [0.05, 0.1) is 12.6 Å². The van der Waals surface area contributed by atoms with E-state index in [2.05, 4.69) is 9.71 Å². The highest BCUT2D eigenvalue weighted by atomic mass is 32.2. The van der Waals surface area contributed by atoms with Crippen LogP contribution in [-0.4, -0.2) is 29.7 Å². The Morgan fingerprint density at radius 2 is 2.41 bits per heavy atom. The molecule has 0 aliphatic rings. The van der Waals surface area contributed by atoms with Crippen LogP contribution in [0.15, 0.2) is 5.38 Å². The van der Waals surface area contributed by atoms with E-state index < -0.39 is 21.2 Å². The lowest BCUT2D eigenvalue weighted by molar-refractivity contribution is 0.0691. The summed E-state index contributed by atoms with van der Waals surface area (Å²) in [5.41, 5.74) is -0.127. The smallest absolute Gasteiger partial charge is 0.355 e. The van der Waals surface area contributed by atoms with Gasteiger partial charge in [0, 0.05) is 5.38 Å². The first-order chi connectivity index (χ1) is 7.86. The molecule has 0 radical (unpaired) electrons. The van der Waals surface area contributed by atoms with Gasteiger partial charge in [0.1, 0.15) is 5.01 Å². The zero-order valence-corrected chi connectivity index (χ0v) is 10.4. The second-order valence-electron chi connectivity index (χ2n) is 3.07. The number of rotatable bonds is 5. The third kappa shape index (κ3) is 3.48. The second-order valence-corrected chi connectivity index (χ2v) is 6.10.